The lowest BCUT2D eigenvalue weighted by atomic mass is 9.95. The number of benzene rings is 1. The molecule has 1 aromatic heterocycles. The number of rotatable bonds is 8. The third-order valence-corrected chi connectivity index (χ3v) is 7.12. The van der Waals surface area contributed by atoms with E-state index in [0.717, 1.165) is 62.4 Å². The summed E-state index contributed by atoms with van der Waals surface area (Å²) in [4.78, 5) is 18.5. The largest absolute Gasteiger partial charge is 0.376 e. The van der Waals surface area contributed by atoms with Crippen LogP contribution in [0.2, 0.25) is 0 Å². The van der Waals surface area contributed by atoms with Crippen LogP contribution in [0.1, 0.15) is 36.1 Å². The average molecular weight is 431 g/mol. The molecule has 1 atom stereocenters. The minimum absolute atomic E-state index is 0.124. The molecule has 2 saturated heterocycles. The fourth-order valence-electron chi connectivity index (χ4n) is 4.49. The molecule has 0 radical (unpaired) electrons. The number of ether oxygens (including phenoxy) is 1. The number of hydrogen-bond donors (Lipinski definition) is 0. The van der Waals surface area contributed by atoms with Crippen LogP contribution in [0, 0.1) is 11.7 Å². The van der Waals surface area contributed by atoms with E-state index in [1.807, 2.05) is 34.5 Å². The monoisotopic (exact) mass is 430 g/mol. The van der Waals surface area contributed by atoms with Gasteiger partial charge in [-0.1, -0.05) is 24.3 Å². The van der Waals surface area contributed by atoms with Gasteiger partial charge in [0.1, 0.15) is 5.82 Å². The fraction of sp³-hybridized carbons (Fsp3) is 0.542. The molecule has 3 heterocycles. The van der Waals surface area contributed by atoms with Gasteiger partial charge >= 0.3 is 0 Å². The van der Waals surface area contributed by atoms with Crippen LogP contribution in [0.25, 0.3) is 0 Å². The van der Waals surface area contributed by atoms with Gasteiger partial charge in [-0.25, -0.2) is 4.39 Å². The van der Waals surface area contributed by atoms with E-state index >= 15 is 0 Å². The predicted molar refractivity (Wildman–Crippen MR) is 118 cm³/mol. The molecule has 4 nitrogen and oxygen atoms in total. The SMILES string of the molecule is O=C(Cc1cccs1)N(CC1CCN(Cc2ccccc2F)CC1)CC1CCCO1. The van der Waals surface area contributed by atoms with Crippen molar-refractivity contribution in [3.8, 4) is 0 Å². The lowest BCUT2D eigenvalue weighted by molar-refractivity contribution is -0.133. The van der Waals surface area contributed by atoms with Crippen molar-refractivity contribution in [2.45, 2.75) is 44.8 Å². The molecule has 6 heteroatoms. The summed E-state index contributed by atoms with van der Waals surface area (Å²) in [5.41, 5.74) is 0.766. The number of thiophene rings is 1. The highest BCUT2D eigenvalue weighted by atomic mass is 32.1. The molecule has 2 aromatic rings. The second kappa shape index (κ2) is 10.5. The van der Waals surface area contributed by atoms with E-state index in [9.17, 15) is 9.18 Å². The van der Waals surface area contributed by atoms with Crippen molar-refractivity contribution >= 4 is 17.2 Å². The third-order valence-electron chi connectivity index (χ3n) is 6.24. The Bertz CT molecular complexity index is 799. The fourth-order valence-corrected chi connectivity index (χ4v) is 5.19. The second-order valence-corrected chi connectivity index (χ2v) is 9.53. The van der Waals surface area contributed by atoms with Crippen LogP contribution in [0.15, 0.2) is 41.8 Å². The summed E-state index contributed by atoms with van der Waals surface area (Å²) in [7, 11) is 0. The van der Waals surface area contributed by atoms with Crippen molar-refractivity contribution < 1.29 is 13.9 Å². The number of hydrogen-bond acceptors (Lipinski definition) is 4. The molecule has 0 saturated carbocycles. The predicted octanol–water partition coefficient (Wildman–Crippen LogP) is 4.35. The maximum Gasteiger partial charge on any atom is 0.227 e. The first-order valence-electron chi connectivity index (χ1n) is 11.0. The molecular weight excluding hydrogens is 399 g/mol. The van der Waals surface area contributed by atoms with E-state index in [0.29, 0.717) is 25.4 Å². The highest BCUT2D eigenvalue weighted by molar-refractivity contribution is 7.10. The summed E-state index contributed by atoms with van der Waals surface area (Å²) in [6.07, 6.45) is 4.89. The number of likely N-dealkylation sites (tertiary alicyclic amines) is 1. The maximum absolute atomic E-state index is 13.9. The van der Waals surface area contributed by atoms with Gasteiger partial charge in [-0.15, -0.1) is 11.3 Å². The standard InChI is InChI=1S/C24H31FN2O2S/c25-23-8-2-1-5-20(23)17-26-11-9-19(10-12-26)16-27(18-21-6-3-13-29-21)24(28)15-22-7-4-14-30-22/h1-2,4-5,7-8,14,19,21H,3,6,9-13,15-18H2. The number of piperidine rings is 1. The Kier molecular flexibility index (Phi) is 7.52. The van der Waals surface area contributed by atoms with E-state index in [4.69, 9.17) is 4.74 Å². The Morgan fingerprint density at radius 3 is 2.67 bits per heavy atom. The second-order valence-electron chi connectivity index (χ2n) is 8.50. The highest BCUT2D eigenvalue weighted by Gasteiger charge is 2.27. The topological polar surface area (TPSA) is 32.8 Å². The lowest BCUT2D eigenvalue weighted by Gasteiger charge is -2.35. The third kappa shape index (κ3) is 5.90. The summed E-state index contributed by atoms with van der Waals surface area (Å²) in [5, 5.41) is 2.03. The first-order valence-corrected chi connectivity index (χ1v) is 11.9. The van der Waals surface area contributed by atoms with Crippen molar-refractivity contribution in [1.29, 1.82) is 0 Å². The van der Waals surface area contributed by atoms with E-state index in [2.05, 4.69) is 4.90 Å². The minimum atomic E-state index is -0.124. The maximum atomic E-state index is 13.9. The number of amides is 1. The Morgan fingerprint density at radius 2 is 1.97 bits per heavy atom. The molecule has 162 valence electrons. The van der Waals surface area contributed by atoms with E-state index in [1.165, 1.54) is 6.07 Å². The number of halogens is 1. The molecule has 0 N–H and O–H groups in total. The molecule has 1 amide bonds. The van der Waals surface area contributed by atoms with Crippen LogP contribution in [-0.2, 0) is 22.5 Å². The van der Waals surface area contributed by atoms with Crippen molar-refractivity contribution in [2.75, 3.05) is 32.8 Å². The van der Waals surface area contributed by atoms with Crippen molar-refractivity contribution in [3.05, 3.63) is 58.0 Å². The Balaban J connectivity index is 1.31. The van der Waals surface area contributed by atoms with E-state index in [1.54, 1.807) is 17.4 Å². The Labute approximate surface area is 182 Å². The summed E-state index contributed by atoms with van der Waals surface area (Å²) in [6.45, 7) is 4.89. The molecule has 1 aromatic carbocycles. The zero-order chi connectivity index (χ0) is 20.8. The number of nitrogens with zero attached hydrogens (tertiary/aromatic N) is 2. The first kappa shape index (κ1) is 21.5. The molecule has 2 fully saturated rings. The van der Waals surface area contributed by atoms with Gasteiger partial charge in [0.2, 0.25) is 5.91 Å². The lowest BCUT2D eigenvalue weighted by Crippen LogP contribution is -2.44. The normalized spacial score (nSPS) is 20.5. The molecular formula is C24H31FN2O2S. The molecule has 0 aliphatic carbocycles. The average Bonchev–Trinajstić information content (AvgIpc) is 3.45. The molecule has 4 rings (SSSR count). The number of carbonyl (C=O) groups excluding carboxylic acids is 1. The van der Waals surface area contributed by atoms with Crippen molar-refractivity contribution in [2.24, 2.45) is 5.92 Å². The van der Waals surface area contributed by atoms with Crippen molar-refractivity contribution in [1.82, 2.24) is 9.80 Å². The smallest absolute Gasteiger partial charge is 0.227 e. The quantitative estimate of drug-likeness (QED) is 0.624. The van der Waals surface area contributed by atoms with Gasteiger partial charge in [-0.2, -0.15) is 0 Å². The molecule has 2 aliphatic heterocycles. The number of carbonyl (C=O) groups is 1. The summed E-state index contributed by atoms with van der Waals surface area (Å²) < 4.78 is 19.8. The molecule has 1 unspecified atom stereocenters. The molecule has 30 heavy (non-hydrogen) atoms. The zero-order valence-corrected chi connectivity index (χ0v) is 18.3. The summed E-state index contributed by atoms with van der Waals surface area (Å²) >= 11 is 1.64. The van der Waals surface area contributed by atoms with Gasteiger partial charge < -0.3 is 9.64 Å². The van der Waals surface area contributed by atoms with Crippen LogP contribution < -0.4 is 0 Å². The van der Waals surface area contributed by atoms with Gasteiger partial charge in [0.05, 0.1) is 12.5 Å². The van der Waals surface area contributed by atoms with Crippen LogP contribution in [0.4, 0.5) is 4.39 Å². The van der Waals surface area contributed by atoms with Crippen LogP contribution in [0.3, 0.4) is 0 Å². The Morgan fingerprint density at radius 1 is 1.13 bits per heavy atom. The Hall–Kier alpha value is -1.76. The summed E-state index contributed by atoms with van der Waals surface area (Å²) in [5.74, 6) is 0.582. The van der Waals surface area contributed by atoms with E-state index < -0.39 is 0 Å². The van der Waals surface area contributed by atoms with Gasteiger partial charge in [0.15, 0.2) is 0 Å². The molecule has 2 aliphatic rings. The first-order chi connectivity index (χ1) is 14.7. The minimum Gasteiger partial charge on any atom is -0.376 e. The van der Waals surface area contributed by atoms with Crippen LogP contribution in [-0.4, -0.2) is 54.6 Å². The molecule has 0 spiro atoms. The van der Waals surface area contributed by atoms with Crippen LogP contribution in [0.5, 0.6) is 0 Å². The molecule has 0 bridgehead atoms. The van der Waals surface area contributed by atoms with Gasteiger partial charge in [-0.3, -0.25) is 9.69 Å². The zero-order valence-electron chi connectivity index (χ0n) is 17.5. The van der Waals surface area contributed by atoms with Gasteiger partial charge in [0.25, 0.3) is 0 Å². The van der Waals surface area contributed by atoms with Gasteiger partial charge in [0, 0.05) is 36.7 Å². The van der Waals surface area contributed by atoms with Crippen molar-refractivity contribution in [3.63, 3.8) is 0 Å². The highest BCUT2D eigenvalue weighted by Crippen LogP contribution is 2.23. The van der Waals surface area contributed by atoms with E-state index in [-0.39, 0.29) is 17.8 Å². The summed E-state index contributed by atoms with van der Waals surface area (Å²) in [6, 6.07) is 11.1. The van der Waals surface area contributed by atoms with Crippen LogP contribution >= 0.6 is 11.3 Å². The van der Waals surface area contributed by atoms with Gasteiger partial charge in [-0.05, 0) is 62.2 Å².